The molecule has 0 aliphatic carbocycles. The third-order valence-electron chi connectivity index (χ3n) is 3.74. The minimum Gasteiger partial charge on any atom is -0.456 e. The van der Waals surface area contributed by atoms with E-state index in [1.54, 1.807) is 0 Å². The molecule has 1 aliphatic rings. The molecule has 1 N–H and O–H groups in total. The molecule has 0 radical (unpaired) electrons. The molecule has 1 aromatic rings. The zero-order valence-corrected chi connectivity index (χ0v) is 15.2. The Hall–Kier alpha value is -2.95. The zero-order valence-electron chi connectivity index (χ0n) is 15.2. The zero-order chi connectivity index (χ0) is 20.3. The number of aromatic nitrogens is 2. The number of aromatic amines is 1. The highest BCUT2D eigenvalue weighted by atomic mass is 16.6. The number of hydrogen-bond acceptors (Lipinski definition) is 9. The molecule has 0 amide bonds. The summed E-state index contributed by atoms with van der Waals surface area (Å²) in [5, 5.41) is 0. The number of carbonyl (C=O) groups excluding carboxylic acids is 3. The highest BCUT2D eigenvalue weighted by Crippen LogP contribution is 2.29. The van der Waals surface area contributed by atoms with Gasteiger partial charge in [0.1, 0.15) is 0 Å². The summed E-state index contributed by atoms with van der Waals surface area (Å²) in [6, 6.07) is 0. The molecule has 2 heterocycles. The van der Waals surface area contributed by atoms with Crippen molar-refractivity contribution in [3.05, 3.63) is 32.6 Å². The summed E-state index contributed by atoms with van der Waals surface area (Å²) in [5.74, 6) is -2.10. The molecule has 11 heteroatoms. The summed E-state index contributed by atoms with van der Waals surface area (Å²) < 4.78 is 22.1. The number of carbonyl (C=O) groups is 3. The predicted molar refractivity (Wildman–Crippen MR) is 87.7 cm³/mol. The molecular weight excluding hydrogens is 364 g/mol. The van der Waals surface area contributed by atoms with E-state index in [9.17, 15) is 24.0 Å². The van der Waals surface area contributed by atoms with E-state index in [1.807, 2.05) is 0 Å². The lowest BCUT2D eigenvalue weighted by atomic mass is 10.0. The molecule has 1 aliphatic heterocycles. The number of rotatable bonds is 4. The molecule has 148 valence electrons. The van der Waals surface area contributed by atoms with Crippen molar-refractivity contribution in [3.63, 3.8) is 0 Å². The van der Waals surface area contributed by atoms with Crippen LogP contribution >= 0.6 is 0 Å². The Bertz CT molecular complexity index is 856. The maximum Gasteiger partial charge on any atom is 0.330 e. The van der Waals surface area contributed by atoms with Crippen LogP contribution in [0.3, 0.4) is 0 Å². The van der Waals surface area contributed by atoms with Crippen LogP contribution in [0.1, 0.15) is 32.6 Å². The van der Waals surface area contributed by atoms with Crippen LogP contribution in [0.4, 0.5) is 0 Å². The monoisotopic (exact) mass is 384 g/mol. The van der Waals surface area contributed by atoms with E-state index in [0.717, 1.165) is 25.3 Å². The highest BCUT2D eigenvalue weighted by molar-refractivity contribution is 5.68. The summed E-state index contributed by atoms with van der Waals surface area (Å²) in [4.78, 5) is 60.4. The third kappa shape index (κ3) is 4.82. The van der Waals surface area contributed by atoms with E-state index in [0.29, 0.717) is 0 Å². The summed E-state index contributed by atoms with van der Waals surface area (Å²) >= 11 is 0. The third-order valence-corrected chi connectivity index (χ3v) is 3.74. The van der Waals surface area contributed by atoms with Gasteiger partial charge in [0.15, 0.2) is 24.5 Å². The second kappa shape index (κ2) is 8.16. The van der Waals surface area contributed by atoms with Crippen LogP contribution in [0.15, 0.2) is 15.8 Å². The lowest BCUT2D eigenvalue weighted by molar-refractivity contribution is -0.240. The number of ether oxygens (including phenoxy) is 4. The first-order valence-corrected chi connectivity index (χ1v) is 8.05. The summed E-state index contributed by atoms with van der Waals surface area (Å²) in [6.07, 6.45) is -3.54. The number of hydrogen-bond donors (Lipinski definition) is 1. The summed E-state index contributed by atoms with van der Waals surface area (Å²) in [7, 11) is 0. The van der Waals surface area contributed by atoms with E-state index in [-0.39, 0.29) is 12.2 Å². The van der Waals surface area contributed by atoms with Crippen LogP contribution in [0, 0.1) is 6.92 Å². The van der Waals surface area contributed by atoms with Crippen LogP contribution in [0.25, 0.3) is 0 Å². The molecule has 0 bridgehead atoms. The normalized spacial score (nSPS) is 24.7. The van der Waals surface area contributed by atoms with E-state index in [1.165, 1.54) is 13.1 Å². The number of aryl methyl sites for hydroxylation is 1. The second-order valence-electron chi connectivity index (χ2n) is 6.00. The number of nitrogens with zero attached hydrogens (tertiary/aromatic N) is 1. The van der Waals surface area contributed by atoms with Gasteiger partial charge in [-0.2, -0.15) is 0 Å². The van der Waals surface area contributed by atoms with Gasteiger partial charge in [0, 0.05) is 32.5 Å². The van der Waals surface area contributed by atoms with E-state index in [2.05, 4.69) is 4.98 Å². The Morgan fingerprint density at radius 1 is 1.04 bits per heavy atom. The van der Waals surface area contributed by atoms with E-state index >= 15 is 0 Å². The van der Waals surface area contributed by atoms with E-state index < -0.39 is 53.7 Å². The van der Waals surface area contributed by atoms with Gasteiger partial charge in [0.2, 0.25) is 0 Å². The van der Waals surface area contributed by atoms with Gasteiger partial charge in [-0.3, -0.25) is 28.7 Å². The lowest BCUT2D eigenvalue weighted by Gasteiger charge is -2.40. The first kappa shape index (κ1) is 20.4. The Balaban J connectivity index is 2.51. The summed E-state index contributed by atoms with van der Waals surface area (Å²) in [5.41, 5.74) is -1.17. The largest absolute Gasteiger partial charge is 0.456 e. The quantitative estimate of drug-likeness (QED) is 0.519. The van der Waals surface area contributed by atoms with Gasteiger partial charge >= 0.3 is 23.6 Å². The second-order valence-corrected chi connectivity index (χ2v) is 6.00. The molecule has 0 aromatic carbocycles. The maximum atomic E-state index is 12.2. The van der Waals surface area contributed by atoms with Crippen LogP contribution in [-0.4, -0.2) is 52.4 Å². The van der Waals surface area contributed by atoms with Crippen molar-refractivity contribution in [2.24, 2.45) is 0 Å². The Morgan fingerprint density at radius 3 is 2.15 bits per heavy atom. The number of H-pyrrole nitrogens is 1. The van der Waals surface area contributed by atoms with Crippen molar-refractivity contribution in [2.75, 3.05) is 6.61 Å². The fraction of sp³-hybridized carbons (Fsp3) is 0.562. The Morgan fingerprint density at radius 2 is 1.59 bits per heavy atom. The molecular formula is C16H20N2O9. The molecule has 1 fully saturated rings. The van der Waals surface area contributed by atoms with Gasteiger partial charge < -0.3 is 18.9 Å². The number of esters is 3. The van der Waals surface area contributed by atoms with Gasteiger partial charge in [0.25, 0.3) is 5.56 Å². The predicted octanol–water partition coefficient (Wildman–Crippen LogP) is -0.831. The minimum atomic E-state index is -1.30. The van der Waals surface area contributed by atoms with Crippen LogP contribution < -0.4 is 11.2 Å². The number of nitrogens with one attached hydrogen (secondary N) is 1. The molecule has 0 unspecified atom stereocenters. The first-order chi connectivity index (χ1) is 12.6. The lowest BCUT2D eigenvalue weighted by Crippen LogP contribution is -2.57. The molecule has 11 nitrogen and oxygen atoms in total. The SMILES string of the molecule is CC(=O)O[C@H]1[C@H](OC(C)=O)[C@@H](n2cc(C)c(=O)[nH]c2=O)OC[C@H]1OC(C)=O. The molecule has 1 saturated heterocycles. The summed E-state index contributed by atoms with van der Waals surface area (Å²) in [6.45, 7) is 4.66. The fourth-order valence-electron chi connectivity index (χ4n) is 2.74. The van der Waals surface area contributed by atoms with Crippen molar-refractivity contribution in [1.29, 1.82) is 0 Å². The maximum absolute atomic E-state index is 12.2. The Kier molecular flexibility index (Phi) is 6.16. The van der Waals surface area contributed by atoms with Crippen LogP contribution in [0.5, 0.6) is 0 Å². The molecule has 2 rings (SSSR count). The fourth-order valence-corrected chi connectivity index (χ4v) is 2.74. The van der Waals surface area contributed by atoms with Gasteiger partial charge in [0.05, 0.1) is 6.61 Å². The van der Waals surface area contributed by atoms with Crippen molar-refractivity contribution in [2.45, 2.75) is 52.2 Å². The standard InChI is InChI=1S/C16H20N2O9/c1-7-5-18(16(23)17-14(7)22)15-13(27-10(4)21)12(26-9(3)20)11(6-24-15)25-8(2)19/h5,11-13,15H,6H2,1-4H3,(H,17,22,23)/t11-,12-,13+,15+/m1/s1. The highest BCUT2D eigenvalue weighted by Gasteiger charge is 2.48. The molecule has 27 heavy (non-hydrogen) atoms. The average Bonchev–Trinajstić information content (AvgIpc) is 2.53. The van der Waals surface area contributed by atoms with Crippen LogP contribution in [-0.2, 0) is 33.3 Å². The smallest absolute Gasteiger partial charge is 0.330 e. The van der Waals surface area contributed by atoms with Gasteiger partial charge in [-0.1, -0.05) is 0 Å². The van der Waals surface area contributed by atoms with Crippen LogP contribution in [0.2, 0.25) is 0 Å². The van der Waals surface area contributed by atoms with Crippen molar-refractivity contribution in [1.82, 2.24) is 9.55 Å². The van der Waals surface area contributed by atoms with Gasteiger partial charge in [-0.05, 0) is 6.92 Å². The topological polar surface area (TPSA) is 143 Å². The Labute approximate surface area is 153 Å². The molecule has 0 saturated carbocycles. The average molecular weight is 384 g/mol. The van der Waals surface area contributed by atoms with Crippen molar-refractivity contribution >= 4 is 17.9 Å². The van der Waals surface area contributed by atoms with Gasteiger partial charge in [-0.25, -0.2) is 4.79 Å². The van der Waals surface area contributed by atoms with Gasteiger partial charge in [-0.15, -0.1) is 0 Å². The minimum absolute atomic E-state index is 0.214. The molecule has 0 spiro atoms. The molecule has 1 aromatic heterocycles. The first-order valence-electron chi connectivity index (χ1n) is 8.05. The molecule has 4 atom stereocenters. The van der Waals surface area contributed by atoms with E-state index in [4.69, 9.17) is 18.9 Å². The van der Waals surface area contributed by atoms with Crippen molar-refractivity contribution < 1.29 is 33.3 Å². The van der Waals surface area contributed by atoms with Crippen molar-refractivity contribution in [3.8, 4) is 0 Å².